The summed E-state index contributed by atoms with van der Waals surface area (Å²) >= 11 is 0. The normalized spacial score (nSPS) is 19.0. The highest BCUT2D eigenvalue weighted by Crippen LogP contribution is 2.31. The van der Waals surface area contributed by atoms with Gasteiger partial charge in [0.05, 0.1) is 17.0 Å². The molecular weight excluding hydrogens is 388 g/mol. The molecule has 6 nitrogen and oxygen atoms in total. The van der Waals surface area contributed by atoms with Crippen molar-refractivity contribution in [1.29, 1.82) is 0 Å². The van der Waals surface area contributed by atoms with E-state index in [1.54, 1.807) is 0 Å². The monoisotopic (exact) mass is 424 g/mol. The van der Waals surface area contributed by atoms with Crippen molar-refractivity contribution in [2.24, 2.45) is 0 Å². The number of aliphatic hydroxyl groups is 1. The van der Waals surface area contributed by atoms with E-state index in [1.807, 2.05) is 69.4 Å². The van der Waals surface area contributed by atoms with Crippen LogP contribution in [0.15, 0.2) is 48.5 Å². The first kappa shape index (κ1) is 23.1. The second-order valence-electron chi connectivity index (χ2n) is 9.71. The molecule has 1 heterocycles. The molecule has 1 amide bonds. The molecule has 4 N–H and O–H groups in total. The lowest BCUT2D eigenvalue weighted by Crippen LogP contribution is -2.56. The van der Waals surface area contributed by atoms with Crippen LogP contribution in [0.25, 0.3) is 0 Å². The third kappa shape index (κ3) is 6.21. The van der Waals surface area contributed by atoms with Crippen LogP contribution in [0.5, 0.6) is 0 Å². The standard InChI is InChI=1S/C25H36N4O2/c1-24(2)16-20(14-15-29(24)17-25(3,4)31)27-19-12-10-18(11-13-19)23(30)28-22-9-7-6-8-21(22)26-5/h6-13,20,26-27,31H,14-17H2,1-5H3,(H,28,30). The summed E-state index contributed by atoms with van der Waals surface area (Å²) in [6, 6.07) is 15.6. The van der Waals surface area contributed by atoms with Gasteiger partial charge in [-0.05, 0) is 76.9 Å². The van der Waals surface area contributed by atoms with Crippen LogP contribution in [-0.4, -0.2) is 53.2 Å². The summed E-state index contributed by atoms with van der Waals surface area (Å²) in [6.07, 6.45) is 2.01. The maximum Gasteiger partial charge on any atom is 0.255 e. The molecule has 168 valence electrons. The first-order chi connectivity index (χ1) is 14.6. The summed E-state index contributed by atoms with van der Waals surface area (Å²) < 4.78 is 0. The maximum absolute atomic E-state index is 12.6. The quantitative estimate of drug-likeness (QED) is 0.530. The van der Waals surface area contributed by atoms with Gasteiger partial charge in [-0.25, -0.2) is 0 Å². The molecule has 1 aliphatic heterocycles. The van der Waals surface area contributed by atoms with Gasteiger partial charge in [0, 0.05) is 43.0 Å². The van der Waals surface area contributed by atoms with Crippen LogP contribution in [0.1, 0.15) is 50.9 Å². The Labute approximate surface area is 186 Å². The number of para-hydroxylation sites is 2. The lowest BCUT2D eigenvalue weighted by atomic mass is 9.85. The molecule has 6 heteroatoms. The summed E-state index contributed by atoms with van der Waals surface area (Å²) in [7, 11) is 1.84. The number of nitrogens with zero attached hydrogens (tertiary/aromatic N) is 1. The number of hydrogen-bond donors (Lipinski definition) is 4. The number of benzene rings is 2. The zero-order valence-corrected chi connectivity index (χ0v) is 19.3. The average Bonchev–Trinajstić information content (AvgIpc) is 2.70. The summed E-state index contributed by atoms with van der Waals surface area (Å²) in [5.41, 5.74) is 2.60. The number of carbonyl (C=O) groups is 1. The summed E-state index contributed by atoms with van der Waals surface area (Å²) in [5.74, 6) is -0.129. The van der Waals surface area contributed by atoms with Gasteiger partial charge in [0.15, 0.2) is 0 Å². The molecule has 1 aliphatic rings. The molecule has 1 saturated heterocycles. The van der Waals surface area contributed by atoms with Crippen LogP contribution < -0.4 is 16.0 Å². The van der Waals surface area contributed by atoms with Gasteiger partial charge in [-0.1, -0.05) is 12.1 Å². The van der Waals surface area contributed by atoms with E-state index in [0.29, 0.717) is 18.2 Å². The van der Waals surface area contributed by atoms with E-state index in [1.165, 1.54) is 0 Å². The molecule has 0 radical (unpaired) electrons. The minimum absolute atomic E-state index is 0.0104. The predicted molar refractivity (Wildman–Crippen MR) is 129 cm³/mol. The van der Waals surface area contributed by atoms with E-state index in [2.05, 4.69) is 34.7 Å². The fourth-order valence-corrected chi connectivity index (χ4v) is 4.29. The van der Waals surface area contributed by atoms with Crippen molar-refractivity contribution in [3.05, 3.63) is 54.1 Å². The zero-order chi connectivity index (χ0) is 22.6. The number of carbonyl (C=O) groups excluding carboxylic acids is 1. The summed E-state index contributed by atoms with van der Waals surface area (Å²) in [6.45, 7) is 9.82. The third-order valence-electron chi connectivity index (χ3n) is 5.89. The highest BCUT2D eigenvalue weighted by molar-refractivity contribution is 6.06. The van der Waals surface area contributed by atoms with Crippen LogP contribution in [0.2, 0.25) is 0 Å². The van der Waals surface area contributed by atoms with Gasteiger partial charge in [0.2, 0.25) is 0 Å². The number of hydrogen-bond acceptors (Lipinski definition) is 5. The number of nitrogens with one attached hydrogen (secondary N) is 3. The smallest absolute Gasteiger partial charge is 0.255 e. The van der Waals surface area contributed by atoms with Crippen molar-refractivity contribution in [2.75, 3.05) is 36.1 Å². The van der Waals surface area contributed by atoms with Gasteiger partial charge >= 0.3 is 0 Å². The van der Waals surface area contributed by atoms with Crippen LogP contribution in [0.3, 0.4) is 0 Å². The molecule has 0 saturated carbocycles. The maximum atomic E-state index is 12.6. The van der Waals surface area contributed by atoms with Crippen LogP contribution in [0.4, 0.5) is 17.1 Å². The van der Waals surface area contributed by atoms with Crippen molar-refractivity contribution >= 4 is 23.0 Å². The minimum atomic E-state index is -0.693. The summed E-state index contributed by atoms with van der Waals surface area (Å²) in [4.78, 5) is 15.0. The molecule has 31 heavy (non-hydrogen) atoms. The van der Waals surface area contributed by atoms with Crippen LogP contribution >= 0.6 is 0 Å². The Hall–Kier alpha value is -2.57. The number of rotatable bonds is 7. The molecule has 3 rings (SSSR count). The number of anilines is 3. The average molecular weight is 425 g/mol. The van der Waals surface area contributed by atoms with Crippen molar-refractivity contribution in [3.8, 4) is 0 Å². The number of likely N-dealkylation sites (tertiary alicyclic amines) is 1. The van der Waals surface area contributed by atoms with Gasteiger partial charge < -0.3 is 21.1 Å². The third-order valence-corrected chi connectivity index (χ3v) is 5.89. The Morgan fingerprint density at radius 1 is 1.13 bits per heavy atom. The Balaban J connectivity index is 1.59. The van der Waals surface area contributed by atoms with Gasteiger partial charge in [-0.15, -0.1) is 0 Å². The number of β-amino-alcohol motifs (C(OH)–C–C–N with tert-alkyl or cyclic N) is 1. The van der Waals surface area contributed by atoms with Crippen LogP contribution in [0, 0.1) is 0 Å². The van der Waals surface area contributed by atoms with Gasteiger partial charge in [-0.3, -0.25) is 9.69 Å². The van der Waals surface area contributed by atoms with Crippen molar-refractivity contribution in [1.82, 2.24) is 4.90 Å². The largest absolute Gasteiger partial charge is 0.389 e. The van der Waals surface area contributed by atoms with E-state index < -0.39 is 5.60 Å². The molecule has 0 aromatic heterocycles. The Kier molecular flexibility index (Phi) is 6.92. The minimum Gasteiger partial charge on any atom is -0.389 e. The molecule has 0 bridgehead atoms. The van der Waals surface area contributed by atoms with E-state index in [4.69, 9.17) is 0 Å². The number of amides is 1. The lowest BCUT2D eigenvalue weighted by Gasteiger charge is -2.47. The highest BCUT2D eigenvalue weighted by Gasteiger charge is 2.36. The number of piperidine rings is 1. The second kappa shape index (κ2) is 9.28. The van der Waals surface area contributed by atoms with E-state index >= 15 is 0 Å². The Morgan fingerprint density at radius 3 is 2.35 bits per heavy atom. The van der Waals surface area contributed by atoms with Crippen molar-refractivity contribution < 1.29 is 9.90 Å². The van der Waals surface area contributed by atoms with E-state index in [0.717, 1.165) is 36.4 Å². The topological polar surface area (TPSA) is 76.6 Å². The molecule has 1 fully saturated rings. The summed E-state index contributed by atoms with van der Waals surface area (Å²) in [5, 5.41) is 19.9. The molecule has 0 aliphatic carbocycles. The van der Waals surface area contributed by atoms with Crippen LogP contribution in [-0.2, 0) is 0 Å². The molecule has 1 atom stereocenters. The molecule has 2 aromatic rings. The molecule has 2 aromatic carbocycles. The first-order valence-corrected chi connectivity index (χ1v) is 11.0. The SMILES string of the molecule is CNc1ccccc1NC(=O)c1ccc(NC2CCN(CC(C)(C)O)C(C)(C)C2)cc1. The van der Waals surface area contributed by atoms with Crippen molar-refractivity contribution in [3.63, 3.8) is 0 Å². The molecular formula is C25H36N4O2. The Morgan fingerprint density at radius 2 is 1.77 bits per heavy atom. The zero-order valence-electron chi connectivity index (χ0n) is 19.3. The fourth-order valence-electron chi connectivity index (χ4n) is 4.29. The molecule has 1 unspecified atom stereocenters. The van der Waals surface area contributed by atoms with Gasteiger partial charge in [0.25, 0.3) is 5.91 Å². The highest BCUT2D eigenvalue weighted by atomic mass is 16.3. The molecule has 0 spiro atoms. The van der Waals surface area contributed by atoms with E-state index in [9.17, 15) is 9.90 Å². The predicted octanol–water partition coefficient (Wildman–Crippen LogP) is 4.41. The Bertz CT molecular complexity index is 887. The van der Waals surface area contributed by atoms with Gasteiger partial charge in [-0.2, -0.15) is 0 Å². The van der Waals surface area contributed by atoms with E-state index in [-0.39, 0.29) is 11.4 Å². The van der Waals surface area contributed by atoms with Crippen molar-refractivity contribution in [2.45, 2.75) is 57.7 Å². The second-order valence-corrected chi connectivity index (χ2v) is 9.71. The first-order valence-electron chi connectivity index (χ1n) is 11.0. The van der Waals surface area contributed by atoms with Gasteiger partial charge in [0.1, 0.15) is 0 Å². The lowest BCUT2D eigenvalue weighted by molar-refractivity contribution is -0.0192. The fraction of sp³-hybridized carbons (Fsp3) is 0.480.